The van der Waals surface area contributed by atoms with Crippen LogP contribution in [0.5, 0.6) is 0 Å². The van der Waals surface area contributed by atoms with Crippen molar-refractivity contribution in [1.82, 2.24) is 20.4 Å². The van der Waals surface area contributed by atoms with E-state index in [2.05, 4.69) is 15.7 Å². The first-order chi connectivity index (χ1) is 9.97. The molecule has 3 N–H and O–H groups in total. The number of hydrogen-bond acceptors (Lipinski definition) is 6. The second-order valence-corrected chi connectivity index (χ2v) is 6.84. The normalized spacial score (nSPS) is 13.3. The van der Waals surface area contributed by atoms with E-state index in [-0.39, 0.29) is 10.9 Å². The molecule has 114 valence electrons. The minimum Gasteiger partial charge on any atom is -0.271 e. The van der Waals surface area contributed by atoms with Gasteiger partial charge in [-0.3, -0.25) is 5.84 Å². The molecule has 1 aromatic heterocycles. The second-order valence-electron chi connectivity index (χ2n) is 4.83. The Hall–Kier alpha value is -1.77. The SMILES string of the molecule is CCCn1nncc1C(NN)c1cccc(S(C)(=O)=O)c1. The van der Waals surface area contributed by atoms with Crippen molar-refractivity contribution < 1.29 is 8.42 Å². The van der Waals surface area contributed by atoms with Crippen LogP contribution in [0.1, 0.15) is 30.6 Å². The van der Waals surface area contributed by atoms with E-state index in [1.165, 1.54) is 6.26 Å². The fourth-order valence-electron chi connectivity index (χ4n) is 2.15. The first-order valence-electron chi connectivity index (χ1n) is 6.62. The van der Waals surface area contributed by atoms with E-state index in [9.17, 15) is 8.42 Å². The number of nitrogens with one attached hydrogen (secondary N) is 1. The number of sulfone groups is 1. The Morgan fingerprint density at radius 1 is 1.43 bits per heavy atom. The highest BCUT2D eigenvalue weighted by molar-refractivity contribution is 7.90. The molecule has 7 nitrogen and oxygen atoms in total. The number of hydrazine groups is 1. The molecule has 0 aliphatic rings. The van der Waals surface area contributed by atoms with Crippen LogP contribution in [0.3, 0.4) is 0 Å². The summed E-state index contributed by atoms with van der Waals surface area (Å²) in [7, 11) is -3.26. The molecular weight excluding hydrogens is 290 g/mol. The van der Waals surface area contributed by atoms with Crippen LogP contribution < -0.4 is 11.3 Å². The molecule has 1 unspecified atom stereocenters. The zero-order chi connectivity index (χ0) is 15.5. The monoisotopic (exact) mass is 309 g/mol. The van der Waals surface area contributed by atoms with Gasteiger partial charge in [0.05, 0.1) is 22.8 Å². The number of rotatable bonds is 6. The molecule has 0 saturated heterocycles. The average Bonchev–Trinajstić information content (AvgIpc) is 2.88. The lowest BCUT2D eigenvalue weighted by Gasteiger charge is -2.17. The third-order valence-electron chi connectivity index (χ3n) is 3.17. The maximum Gasteiger partial charge on any atom is 0.175 e. The summed E-state index contributed by atoms with van der Waals surface area (Å²) < 4.78 is 25.1. The summed E-state index contributed by atoms with van der Waals surface area (Å²) >= 11 is 0. The number of aryl methyl sites for hydroxylation is 1. The van der Waals surface area contributed by atoms with Crippen molar-refractivity contribution in [2.75, 3.05) is 6.26 Å². The Balaban J connectivity index is 2.44. The van der Waals surface area contributed by atoms with Crippen molar-refractivity contribution in [3.05, 3.63) is 41.7 Å². The molecule has 1 heterocycles. The van der Waals surface area contributed by atoms with Crippen LogP contribution in [-0.2, 0) is 16.4 Å². The second kappa shape index (κ2) is 6.33. The average molecular weight is 309 g/mol. The molecule has 0 aliphatic heterocycles. The lowest BCUT2D eigenvalue weighted by Crippen LogP contribution is -2.31. The molecule has 0 saturated carbocycles. The van der Waals surface area contributed by atoms with E-state index in [0.29, 0.717) is 0 Å². The summed E-state index contributed by atoms with van der Waals surface area (Å²) in [6.45, 7) is 2.76. The van der Waals surface area contributed by atoms with Crippen LogP contribution in [0.25, 0.3) is 0 Å². The van der Waals surface area contributed by atoms with E-state index in [0.717, 1.165) is 24.2 Å². The summed E-state index contributed by atoms with van der Waals surface area (Å²) in [5.41, 5.74) is 4.25. The quantitative estimate of drug-likeness (QED) is 0.600. The van der Waals surface area contributed by atoms with Gasteiger partial charge in [0.15, 0.2) is 9.84 Å². The van der Waals surface area contributed by atoms with Crippen molar-refractivity contribution in [2.45, 2.75) is 30.8 Å². The van der Waals surface area contributed by atoms with E-state index >= 15 is 0 Å². The Labute approximate surface area is 124 Å². The van der Waals surface area contributed by atoms with Crippen LogP contribution in [0.2, 0.25) is 0 Å². The molecule has 0 amide bonds. The molecule has 1 aromatic carbocycles. The lowest BCUT2D eigenvalue weighted by atomic mass is 10.0. The van der Waals surface area contributed by atoms with Gasteiger partial charge in [0.2, 0.25) is 0 Å². The largest absolute Gasteiger partial charge is 0.271 e. The summed E-state index contributed by atoms with van der Waals surface area (Å²) in [5.74, 6) is 5.65. The summed E-state index contributed by atoms with van der Waals surface area (Å²) in [5, 5.41) is 7.93. The van der Waals surface area contributed by atoms with Gasteiger partial charge in [-0.15, -0.1) is 5.10 Å². The van der Waals surface area contributed by atoms with Crippen molar-refractivity contribution in [3.63, 3.8) is 0 Å². The molecule has 0 aliphatic carbocycles. The zero-order valence-corrected chi connectivity index (χ0v) is 12.8. The van der Waals surface area contributed by atoms with Crippen molar-refractivity contribution >= 4 is 9.84 Å². The maximum atomic E-state index is 11.7. The first kappa shape index (κ1) is 15.6. The number of aromatic nitrogens is 3. The topological polar surface area (TPSA) is 103 Å². The molecule has 2 aromatic rings. The summed E-state index contributed by atoms with van der Waals surface area (Å²) in [4.78, 5) is 0.259. The number of nitrogens with two attached hydrogens (primary N) is 1. The molecule has 0 fully saturated rings. The first-order valence-corrected chi connectivity index (χ1v) is 8.51. The maximum absolute atomic E-state index is 11.7. The molecule has 0 bridgehead atoms. The van der Waals surface area contributed by atoms with Crippen LogP contribution in [0, 0.1) is 0 Å². The van der Waals surface area contributed by atoms with Crippen LogP contribution in [0.4, 0.5) is 0 Å². The minimum atomic E-state index is -3.26. The zero-order valence-electron chi connectivity index (χ0n) is 12.0. The predicted molar refractivity (Wildman–Crippen MR) is 79.0 cm³/mol. The Morgan fingerprint density at radius 2 is 2.19 bits per heavy atom. The third kappa shape index (κ3) is 3.46. The van der Waals surface area contributed by atoms with Gasteiger partial charge in [-0.25, -0.2) is 18.5 Å². The Morgan fingerprint density at radius 3 is 2.81 bits per heavy atom. The van der Waals surface area contributed by atoms with Gasteiger partial charge >= 0.3 is 0 Å². The highest BCUT2D eigenvalue weighted by atomic mass is 32.2. The number of hydrogen-bond donors (Lipinski definition) is 2. The van der Waals surface area contributed by atoms with Crippen LogP contribution in [0.15, 0.2) is 35.4 Å². The number of benzene rings is 1. The number of nitrogens with zero attached hydrogens (tertiary/aromatic N) is 3. The third-order valence-corrected chi connectivity index (χ3v) is 4.28. The smallest absolute Gasteiger partial charge is 0.175 e. The van der Waals surface area contributed by atoms with Crippen LogP contribution >= 0.6 is 0 Å². The standard InChI is InChI=1S/C13H19N5O2S/c1-3-7-18-12(9-15-17-18)13(16-14)10-5-4-6-11(8-10)21(2,19)20/h4-6,8-9,13,16H,3,7,14H2,1-2H3. The van der Waals surface area contributed by atoms with Crippen LogP contribution in [-0.4, -0.2) is 29.7 Å². The molecular formula is C13H19N5O2S. The summed E-state index contributed by atoms with van der Waals surface area (Å²) in [6.07, 6.45) is 3.73. The van der Waals surface area contributed by atoms with E-state index < -0.39 is 9.84 Å². The van der Waals surface area contributed by atoms with E-state index in [1.807, 2.05) is 13.0 Å². The van der Waals surface area contributed by atoms with E-state index in [4.69, 9.17) is 5.84 Å². The van der Waals surface area contributed by atoms with Gasteiger partial charge in [-0.2, -0.15) is 0 Å². The Bertz CT molecular complexity index is 711. The van der Waals surface area contributed by atoms with Crippen molar-refractivity contribution in [2.24, 2.45) is 5.84 Å². The van der Waals surface area contributed by atoms with Crippen molar-refractivity contribution in [1.29, 1.82) is 0 Å². The molecule has 2 rings (SSSR count). The predicted octanol–water partition coefficient (Wildman–Crippen LogP) is 0.644. The molecule has 21 heavy (non-hydrogen) atoms. The lowest BCUT2D eigenvalue weighted by molar-refractivity contribution is 0.511. The van der Waals surface area contributed by atoms with Gasteiger partial charge in [0.1, 0.15) is 0 Å². The minimum absolute atomic E-state index is 0.259. The summed E-state index contributed by atoms with van der Waals surface area (Å²) in [6, 6.07) is 6.33. The van der Waals surface area contributed by atoms with Gasteiger partial charge in [0.25, 0.3) is 0 Å². The van der Waals surface area contributed by atoms with Gasteiger partial charge in [-0.05, 0) is 24.1 Å². The fraction of sp³-hybridized carbons (Fsp3) is 0.385. The molecule has 0 spiro atoms. The Kier molecular flexibility index (Phi) is 4.71. The molecule has 1 atom stereocenters. The van der Waals surface area contributed by atoms with Gasteiger partial charge in [-0.1, -0.05) is 24.3 Å². The molecule has 8 heteroatoms. The van der Waals surface area contributed by atoms with E-state index in [1.54, 1.807) is 29.1 Å². The van der Waals surface area contributed by atoms with Crippen molar-refractivity contribution in [3.8, 4) is 0 Å². The highest BCUT2D eigenvalue weighted by Gasteiger charge is 2.19. The molecule has 0 radical (unpaired) electrons. The fourth-order valence-corrected chi connectivity index (χ4v) is 2.83. The van der Waals surface area contributed by atoms with Gasteiger partial charge in [0, 0.05) is 12.8 Å². The highest BCUT2D eigenvalue weighted by Crippen LogP contribution is 2.23. The van der Waals surface area contributed by atoms with Gasteiger partial charge < -0.3 is 0 Å².